The zero-order chi connectivity index (χ0) is 11.7. The monoisotopic (exact) mass is 289 g/mol. The fourth-order valence-corrected chi connectivity index (χ4v) is 3.77. The number of pyridine rings is 1. The number of hydrogen-bond acceptors (Lipinski definition) is 1. The Morgan fingerprint density at radius 3 is 2.88 bits per heavy atom. The number of rotatable bonds is 1. The second kappa shape index (κ2) is 4.77. The summed E-state index contributed by atoms with van der Waals surface area (Å²) in [6, 6.07) is 8.72. The minimum atomic E-state index is 0.627. The van der Waals surface area contributed by atoms with Gasteiger partial charge in [0.15, 0.2) is 0 Å². The molecule has 2 unspecified atom stereocenters. The van der Waals surface area contributed by atoms with Gasteiger partial charge >= 0.3 is 0 Å². The summed E-state index contributed by atoms with van der Waals surface area (Å²) in [5.41, 5.74) is 1.47. The first-order valence-corrected chi connectivity index (χ1v) is 7.24. The first-order chi connectivity index (χ1) is 8.36. The molecule has 1 aliphatic rings. The molecule has 0 aliphatic heterocycles. The normalized spacial score (nSPS) is 25.0. The van der Waals surface area contributed by atoms with Crippen molar-refractivity contribution in [1.82, 2.24) is 4.98 Å². The van der Waals surface area contributed by atoms with Crippen LogP contribution in [0.15, 0.2) is 36.7 Å². The molecule has 0 spiro atoms. The molecule has 17 heavy (non-hydrogen) atoms. The van der Waals surface area contributed by atoms with E-state index in [-0.39, 0.29) is 0 Å². The van der Waals surface area contributed by atoms with Gasteiger partial charge in [-0.15, -0.1) is 0 Å². The van der Waals surface area contributed by atoms with Gasteiger partial charge in [-0.05, 0) is 35.8 Å². The van der Waals surface area contributed by atoms with Crippen LogP contribution in [0.25, 0.3) is 10.8 Å². The van der Waals surface area contributed by atoms with Crippen LogP contribution in [-0.4, -0.2) is 9.81 Å². The first-order valence-electron chi connectivity index (χ1n) is 6.33. The molecule has 1 aromatic carbocycles. The smallest absolute Gasteiger partial charge is 0.0349 e. The van der Waals surface area contributed by atoms with E-state index in [1.165, 1.54) is 42.0 Å². The molecule has 1 nitrogen and oxygen atoms in total. The Labute approximate surface area is 110 Å². The maximum Gasteiger partial charge on any atom is 0.0349 e. The van der Waals surface area contributed by atoms with Crippen LogP contribution in [0.5, 0.6) is 0 Å². The number of nitrogens with zero attached hydrogens (tertiary/aromatic N) is 1. The fraction of sp³-hybridized carbons (Fsp3) is 0.400. The van der Waals surface area contributed by atoms with Crippen LogP contribution in [0.1, 0.15) is 37.2 Å². The second-order valence-corrected chi connectivity index (χ2v) is 6.03. The molecule has 0 N–H and O–H groups in total. The lowest BCUT2D eigenvalue weighted by molar-refractivity contribution is 0.463. The third-order valence-corrected chi connectivity index (χ3v) is 4.89. The van der Waals surface area contributed by atoms with E-state index in [9.17, 15) is 0 Å². The van der Waals surface area contributed by atoms with Gasteiger partial charge in [-0.1, -0.05) is 47.0 Å². The van der Waals surface area contributed by atoms with Gasteiger partial charge in [0.05, 0.1) is 0 Å². The Kier molecular flexibility index (Phi) is 3.15. The molecule has 0 radical (unpaired) electrons. The SMILES string of the molecule is BrC1CCCCC1c1cccc2ccncc12. The average molecular weight is 290 g/mol. The Bertz CT molecular complexity index is 518. The zero-order valence-electron chi connectivity index (χ0n) is 9.77. The van der Waals surface area contributed by atoms with Crippen molar-refractivity contribution < 1.29 is 0 Å². The summed E-state index contributed by atoms with van der Waals surface area (Å²) in [6.07, 6.45) is 9.18. The summed E-state index contributed by atoms with van der Waals surface area (Å²) < 4.78 is 0. The van der Waals surface area contributed by atoms with Crippen LogP contribution in [0.4, 0.5) is 0 Å². The summed E-state index contributed by atoms with van der Waals surface area (Å²) in [5, 5.41) is 2.63. The third kappa shape index (κ3) is 2.11. The Morgan fingerprint density at radius 1 is 1.12 bits per heavy atom. The van der Waals surface area contributed by atoms with Crippen LogP contribution in [0.2, 0.25) is 0 Å². The average Bonchev–Trinajstić information content (AvgIpc) is 2.39. The highest BCUT2D eigenvalue weighted by atomic mass is 79.9. The van der Waals surface area contributed by atoms with Crippen molar-refractivity contribution >= 4 is 26.7 Å². The number of aromatic nitrogens is 1. The molecule has 1 saturated carbocycles. The molecule has 1 heterocycles. The number of alkyl halides is 1. The highest BCUT2D eigenvalue weighted by Gasteiger charge is 2.25. The summed E-state index contributed by atoms with van der Waals surface area (Å²) in [5.74, 6) is 0.650. The summed E-state index contributed by atoms with van der Waals surface area (Å²) in [7, 11) is 0. The maximum atomic E-state index is 4.28. The molecule has 0 saturated heterocycles. The van der Waals surface area contributed by atoms with Gasteiger partial charge in [-0.25, -0.2) is 0 Å². The molecular formula is C15H16BrN. The molecule has 3 rings (SSSR count). The summed E-state index contributed by atoms with van der Waals surface area (Å²) in [4.78, 5) is 4.91. The predicted molar refractivity (Wildman–Crippen MR) is 75.7 cm³/mol. The number of halogens is 1. The van der Waals surface area contributed by atoms with Gasteiger partial charge in [0.25, 0.3) is 0 Å². The maximum absolute atomic E-state index is 4.28. The van der Waals surface area contributed by atoms with Gasteiger partial charge in [-0.3, -0.25) is 4.98 Å². The van der Waals surface area contributed by atoms with E-state index in [0.717, 1.165) is 0 Å². The minimum absolute atomic E-state index is 0.627. The quantitative estimate of drug-likeness (QED) is 0.696. The molecular weight excluding hydrogens is 274 g/mol. The van der Waals surface area contributed by atoms with Gasteiger partial charge in [0.2, 0.25) is 0 Å². The number of hydrogen-bond donors (Lipinski definition) is 0. The molecule has 88 valence electrons. The number of fused-ring (bicyclic) bond motifs is 1. The largest absolute Gasteiger partial charge is 0.264 e. The second-order valence-electron chi connectivity index (χ2n) is 4.85. The lowest BCUT2D eigenvalue weighted by atomic mass is 9.82. The Balaban J connectivity index is 2.10. The molecule has 1 fully saturated rings. The third-order valence-electron chi connectivity index (χ3n) is 3.80. The lowest BCUT2D eigenvalue weighted by Gasteiger charge is -2.28. The van der Waals surface area contributed by atoms with Crippen molar-refractivity contribution in [2.75, 3.05) is 0 Å². The standard InChI is InChI=1S/C15H16BrN/c16-15-7-2-1-5-13(15)12-6-3-4-11-8-9-17-10-14(11)12/h3-4,6,8-10,13,15H,1-2,5,7H2. The Morgan fingerprint density at radius 2 is 2.00 bits per heavy atom. The van der Waals surface area contributed by atoms with Crippen molar-refractivity contribution in [1.29, 1.82) is 0 Å². The van der Waals surface area contributed by atoms with Crippen LogP contribution in [0.3, 0.4) is 0 Å². The van der Waals surface area contributed by atoms with Crippen LogP contribution in [0, 0.1) is 0 Å². The molecule has 0 amide bonds. The molecule has 2 atom stereocenters. The summed E-state index contributed by atoms with van der Waals surface area (Å²) in [6.45, 7) is 0. The Hall–Kier alpha value is -0.890. The number of benzene rings is 1. The highest BCUT2D eigenvalue weighted by molar-refractivity contribution is 9.09. The molecule has 0 bridgehead atoms. The molecule has 2 aromatic rings. The van der Waals surface area contributed by atoms with Crippen molar-refractivity contribution in [3.8, 4) is 0 Å². The van der Waals surface area contributed by atoms with Crippen molar-refractivity contribution in [3.05, 3.63) is 42.2 Å². The summed E-state index contributed by atoms with van der Waals surface area (Å²) >= 11 is 3.86. The van der Waals surface area contributed by atoms with E-state index in [1.807, 2.05) is 12.4 Å². The van der Waals surface area contributed by atoms with E-state index in [2.05, 4.69) is 45.2 Å². The topological polar surface area (TPSA) is 12.9 Å². The van der Waals surface area contributed by atoms with Gasteiger partial charge in [-0.2, -0.15) is 0 Å². The van der Waals surface area contributed by atoms with Crippen LogP contribution in [-0.2, 0) is 0 Å². The predicted octanol–water partition coefficient (Wildman–Crippen LogP) is 4.66. The van der Waals surface area contributed by atoms with E-state index in [1.54, 1.807) is 0 Å². The van der Waals surface area contributed by atoms with E-state index in [0.29, 0.717) is 10.7 Å². The van der Waals surface area contributed by atoms with E-state index >= 15 is 0 Å². The zero-order valence-corrected chi connectivity index (χ0v) is 11.4. The lowest BCUT2D eigenvalue weighted by Crippen LogP contribution is -2.17. The van der Waals surface area contributed by atoms with Crippen LogP contribution >= 0.6 is 15.9 Å². The van der Waals surface area contributed by atoms with Crippen molar-refractivity contribution in [2.24, 2.45) is 0 Å². The van der Waals surface area contributed by atoms with Crippen molar-refractivity contribution in [2.45, 2.75) is 36.4 Å². The van der Waals surface area contributed by atoms with Gasteiger partial charge < -0.3 is 0 Å². The minimum Gasteiger partial charge on any atom is -0.264 e. The van der Waals surface area contributed by atoms with Gasteiger partial charge in [0, 0.05) is 22.6 Å². The highest BCUT2D eigenvalue weighted by Crippen LogP contribution is 2.39. The van der Waals surface area contributed by atoms with Crippen LogP contribution < -0.4 is 0 Å². The molecule has 1 aromatic heterocycles. The van der Waals surface area contributed by atoms with Gasteiger partial charge in [0.1, 0.15) is 0 Å². The van der Waals surface area contributed by atoms with E-state index in [4.69, 9.17) is 0 Å². The van der Waals surface area contributed by atoms with Crippen molar-refractivity contribution in [3.63, 3.8) is 0 Å². The fourth-order valence-electron chi connectivity index (χ4n) is 2.90. The van der Waals surface area contributed by atoms with E-state index < -0.39 is 0 Å². The molecule has 2 heteroatoms. The molecule has 1 aliphatic carbocycles. The first kappa shape index (κ1) is 11.2.